The molecule has 0 saturated carbocycles. The van der Waals surface area contributed by atoms with E-state index in [1.807, 2.05) is 80.8 Å². The first-order chi connectivity index (χ1) is 21.4. The summed E-state index contributed by atoms with van der Waals surface area (Å²) < 4.78 is 0. The van der Waals surface area contributed by atoms with Gasteiger partial charge < -0.3 is 0 Å². The topological polar surface area (TPSA) is 38.7 Å². The maximum Gasteiger partial charge on any atom is 0.0705 e. The highest BCUT2D eigenvalue weighted by molar-refractivity contribution is 5.83. The minimum Gasteiger partial charge on any atom is -0.261 e. The average molecular weight is 572 g/mol. The van der Waals surface area contributed by atoms with Crippen molar-refractivity contribution >= 4 is 43.4 Å². The van der Waals surface area contributed by atoms with Gasteiger partial charge in [0.15, 0.2) is 0 Å². The van der Waals surface area contributed by atoms with Crippen molar-refractivity contribution in [2.45, 2.75) is 27.7 Å². The van der Waals surface area contributed by atoms with E-state index in [1.54, 1.807) is 0 Å². The van der Waals surface area contributed by atoms with Crippen LogP contribution in [0.25, 0.3) is 43.4 Å². The molecule has 3 heteroatoms. The van der Waals surface area contributed by atoms with Crippen LogP contribution in [-0.2, 0) is 0 Å². The predicted molar refractivity (Wildman–Crippen MR) is 188 cm³/mol. The molecule has 3 nitrogen and oxygen atoms in total. The number of rotatable bonds is 0. The van der Waals surface area contributed by atoms with Crippen molar-refractivity contribution in [2.24, 2.45) is 0 Å². The Bertz CT molecular complexity index is 1820. The van der Waals surface area contributed by atoms with Gasteiger partial charge in [0.1, 0.15) is 0 Å². The number of pyridine rings is 3. The maximum atomic E-state index is 4.38. The zero-order valence-electron chi connectivity index (χ0n) is 25.8. The fraction of sp³-hybridized carbons (Fsp3) is 0.0976. The minimum absolute atomic E-state index is 1.07. The Balaban J connectivity index is 0.000000116. The quantitative estimate of drug-likeness (QED) is 0.182. The highest BCUT2D eigenvalue weighted by Crippen LogP contribution is 2.15. The Morgan fingerprint density at radius 3 is 1.64 bits per heavy atom. The zero-order valence-corrected chi connectivity index (χ0v) is 25.8. The lowest BCUT2D eigenvalue weighted by atomic mass is 10.1. The van der Waals surface area contributed by atoms with Crippen LogP contribution in [0.3, 0.4) is 0 Å². The van der Waals surface area contributed by atoms with Crippen LogP contribution in [0.4, 0.5) is 0 Å². The van der Waals surface area contributed by atoms with Crippen molar-refractivity contribution in [1.82, 2.24) is 15.0 Å². The number of nitrogens with zero attached hydrogens (tertiary/aromatic N) is 3. The van der Waals surface area contributed by atoms with Crippen molar-refractivity contribution in [1.29, 1.82) is 0 Å². The fourth-order valence-electron chi connectivity index (χ4n) is 4.85. The third-order valence-corrected chi connectivity index (χ3v) is 7.14. The molecule has 0 amide bonds. The maximum absolute atomic E-state index is 4.38. The fourth-order valence-corrected chi connectivity index (χ4v) is 4.85. The van der Waals surface area contributed by atoms with Crippen LogP contribution in [0.1, 0.15) is 22.5 Å². The number of fused-ring (bicyclic) bond motifs is 4. The van der Waals surface area contributed by atoms with Gasteiger partial charge in [-0.15, -0.1) is 0 Å². The molecule has 0 spiro atoms. The van der Waals surface area contributed by atoms with Crippen LogP contribution >= 0.6 is 0 Å². The van der Waals surface area contributed by atoms with Gasteiger partial charge in [0.25, 0.3) is 0 Å². The van der Waals surface area contributed by atoms with Gasteiger partial charge in [-0.2, -0.15) is 0 Å². The lowest BCUT2D eigenvalue weighted by Crippen LogP contribution is -1.80. The Morgan fingerprint density at radius 2 is 0.886 bits per heavy atom. The zero-order chi connectivity index (χ0) is 30.7. The van der Waals surface area contributed by atoms with E-state index in [-0.39, 0.29) is 0 Å². The monoisotopic (exact) mass is 571 g/mol. The second kappa shape index (κ2) is 14.7. The molecule has 3 aromatic heterocycles. The van der Waals surface area contributed by atoms with Gasteiger partial charge in [-0.3, -0.25) is 15.0 Å². The Morgan fingerprint density at radius 1 is 0.341 bits per heavy atom. The molecule has 0 N–H and O–H groups in total. The summed E-state index contributed by atoms with van der Waals surface area (Å²) in [4.78, 5) is 12.9. The molecule has 0 fully saturated rings. The molecule has 3 heterocycles. The van der Waals surface area contributed by atoms with Gasteiger partial charge in [0, 0.05) is 39.9 Å². The molecule has 44 heavy (non-hydrogen) atoms. The van der Waals surface area contributed by atoms with Crippen LogP contribution in [0.2, 0.25) is 0 Å². The second-order valence-corrected chi connectivity index (χ2v) is 10.9. The average Bonchev–Trinajstić information content (AvgIpc) is 3.05. The number of aryl methyl sites for hydroxylation is 4. The Labute approximate surface area is 259 Å². The van der Waals surface area contributed by atoms with Gasteiger partial charge in [-0.05, 0) is 79.7 Å². The van der Waals surface area contributed by atoms with Crippen LogP contribution < -0.4 is 0 Å². The lowest BCUT2D eigenvalue weighted by Gasteiger charge is -1.96. The summed E-state index contributed by atoms with van der Waals surface area (Å²) in [5.74, 6) is 0. The van der Waals surface area contributed by atoms with Crippen molar-refractivity contribution in [3.05, 3.63) is 174 Å². The summed E-state index contributed by atoms with van der Waals surface area (Å²) in [5.41, 5.74) is 6.82. The van der Waals surface area contributed by atoms with Gasteiger partial charge >= 0.3 is 0 Å². The molecule has 0 aliphatic rings. The number of para-hydroxylation sites is 2. The van der Waals surface area contributed by atoms with Crippen molar-refractivity contribution < 1.29 is 0 Å². The highest BCUT2D eigenvalue weighted by atomic mass is 14.7. The van der Waals surface area contributed by atoms with Crippen molar-refractivity contribution in [3.63, 3.8) is 0 Å². The molecule has 8 aromatic rings. The summed E-state index contributed by atoms with van der Waals surface area (Å²) in [6, 6.07) is 47.8. The molecule has 0 radical (unpaired) electrons. The molecular weight excluding hydrogens is 534 g/mol. The minimum atomic E-state index is 1.07. The SMILES string of the molecule is Cc1cc2ccccc2cn1.Cc1ccc2ccccc2c1.Cc1ccc2ccccc2n1.Cc1cnc2ccccc2c1. The van der Waals surface area contributed by atoms with E-state index in [4.69, 9.17) is 0 Å². The molecule has 0 aliphatic carbocycles. The molecule has 0 atom stereocenters. The van der Waals surface area contributed by atoms with Gasteiger partial charge in [-0.25, -0.2) is 0 Å². The van der Waals surface area contributed by atoms with Crippen molar-refractivity contribution in [3.8, 4) is 0 Å². The van der Waals surface area contributed by atoms with E-state index in [9.17, 15) is 0 Å². The van der Waals surface area contributed by atoms with E-state index < -0.39 is 0 Å². The van der Waals surface area contributed by atoms with Gasteiger partial charge in [0.05, 0.1) is 11.0 Å². The highest BCUT2D eigenvalue weighted by Gasteiger charge is 1.93. The summed E-state index contributed by atoms with van der Waals surface area (Å²) in [6.07, 6.45) is 3.80. The third-order valence-electron chi connectivity index (χ3n) is 7.14. The van der Waals surface area contributed by atoms with Crippen LogP contribution in [-0.4, -0.2) is 15.0 Å². The Hall–Kier alpha value is -5.41. The van der Waals surface area contributed by atoms with Crippen molar-refractivity contribution in [2.75, 3.05) is 0 Å². The summed E-state index contributed by atoms with van der Waals surface area (Å²) in [7, 11) is 0. The van der Waals surface area contributed by atoms with E-state index in [0.29, 0.717) is 0 Å². The summed E-state index contributed by atoms with van der Waals surface area (Å²) in [6.45, 7) is 8.19. The lowest BCUT2D eigenvalue weighted by molar-refractivity contribution is 1.22. The van der Waals surface area contributed by atoms with Gasteiger partial charge in [-0.1, -0.05) is 115 Å². The molecule has 216 valence electrons. The molecule has 0 aliphatic heterocycles. The van der Waals surface area contributed by atoms with Crippen LogP contribution in [0.15, 0.2) is 152 Å². The smallest absolute Gasteiger partial charge is 0.0705 e. The summed E-state index contributed by atoms with van der Waals surface area (Å²) >= 11 is 0. The first kappa shape index (κ1) is 30.1. The molecule has 0 unspecified atom stereocenters. The largest absolute Gasteiger partial charge is 0.261 e. The summed E-state index contributed by atoms with van der Waals surface area (Å²) in [5, 5.41) is 7.54. The number of benzene rings is 5. The number of hydrogen-bond donors (Lipinski definition) is 0. The van der Waals surface area contributed by atoms with Gasteiger partial charge in [0.2, 0.25) is 0 Å². The molecular formula is C41H37N3. The molecule has 8 rings (SSSR count). The van der Waals surface area contributed by atoms with E-state index >= 15 is 0 Å². The third kappa shape index (κ3) is 8.33. The van der Waals surface area contributed by atoms with E-state index in [2.05, 4.69) is 114 Å². The first-order valence-corrected chi connectivity index (χ1v) is 14.9. The van der Waals surface area contributed by atoms with Crippen LogP contribution in [0.5, 0.6) is 0 Å². The number of hydrogen-bond acceptors (Lipinski definition) is 3. The van der Waals surface area contributed by atoms with E-state index in [1.165, 1.54) is 43.4 Å². The second-order valence-electron chi connectivity index (χ2n) is 10.9. The van der Waals surface area contributed by atoms with Crippen LogP contribution in [0, 0.1) is 27.7 Å². The number of aromatic nitrogens is 3. The molecule has 0 saturated heterocycles. The molecule has 0 bridgehead atoms. The predicted octanol–water partition coefficient (Wildman–Crippen LogP) is 10.8. The normalized spacial score (nSPS) is 10.3. The molecule has 5 aromatic carbocycles. The first-order valence-electron chi connectivity index (χ1n) is 14.9. The van der Waals surface area contributed by atoms with E-state index in [0.717, 1.165) is 22.4 Å². The Kier molecular flexibility index (Phi) is 10.0. The standard InChI is InChI=1S/C11H10.3C10H9N/c1-9-6-7-10-4-2-3-5-11(10)8-9;1-8-6-9-4-2-3-5-10(9)7-11-8;1-8-6-9-4-2-3-5-10(9)11-7-8;1-8-6-7-9-4-2-3-5-10(9)11-8/h2-8H,1H3;3*2-7H,1H3.